The minimum atomic E-state index is -0.272. The fourth-order valence-electron chi connectivity index (χ4n) is 3.60. The number of amides is 1. The monoisotopic (exact) mass is 370 g/mol. The summed E-state index contributed by atoms with van der Waals surface area (Å²) < 4.78 is 19.6. The van der Waals surface area contributed by atoms with Gasteiger partial charge in [-0.15, -0.1) is 0 Å². The van der Waals surface area contributed by atoms with Crippen molar-refractivity contribution in [3.63, 3.8) is 0 Å². The summed E-state index contributed by atoms with van der Waals surface area (Å²) in [6.07, 6.45) is 0.281. The number of hydrogen-bond acceptors (Lipinski definition) is 3. The maximum Gasteiger partial charge on any atom is 0.223 e. The van der Waals surface area contributed by atoms with Crippen LogP contribution in [0.15, 0.2) is 54.6 Å². The molecule has 1 amide bonds. The Morgan fingerprint density at radius 3 is 2.37 bits per heavy atom. The van der Waals surface area contributed by atoms with E-state index in [2.05, 4.69) is 4.90 Å². The molecule has 1 saturated heterocycles. The third-order valence-electron chi connectivity index (χ3n) is 5.20. The molecule has 0 saturated carbocycles. The molecule has 1 fully saturated rings. The molecule has 1 aliphatic rings. The Morgan fingerprint density at radius 2 is 1.70 bits per heavy atom. The van der Waals surface area contributed by atoms with Crippen LogP contribution in [0.25, 0.3) is 0 Å². The van der Waals surface area contributed by atoms with Crippen molar-refractivity contribution in [3.8, 4) is 0 Å². The fraction of sp³-hybridized carbons (Fsp3) is 0.409. The van der Waals surface area contributed by atoms with Gasteiger partial charge in [0.05, 0.1) is 6.61 Å². The highest BCUT2D eigenvalue weighted by molar-refractivity contribution is 5.78. The summed E-state index contributed by atoms with van der Waals surface area (Å²) in [5.74, 6) is -0.451. The largest absolute Gasteiger partial charge is 0.383 e. The number of carbonyl (C=O) groups excluding carboxylic acids is 1. The van der Waals surface area contributed by atoms with Gasteiger partial charge < -0.3 is 9.64 Å². The predicted molar refractivity (Wildman–Crippen MR) is 104 cm³/mol. The molecule has 1 heterocycles. The molecule has 3 rings (SSSR count). The van der Waals surface area contributed by atoms with Crippen molar-refractivity contribution in [1.82, 2.24) is 9.80 Å². The van der Waals surface area contributed by atoms with E-state index in [1.807, 2.05) is 41.3 Å². The third-order valence-corrected chi connectivity index (χ3v) is 5.20. The summed E-state index contributed by atoms with van der Waals surface area (Å²) >= 11 is 0. The lowest BCUT2D eigenvalue weighted by atomic mass is 9.87. The van der Waals surface area contributed by atoms with Gasteiger partial charge in [0.2, 0.25) is 5.91 Å². The Kier molecular flexibility index (Phi) is 6.96. The van der Waals surface area contributed by atoms with Gasteiger partial charge in [-0.25, -0.2) is 4.39 Å². The second kappa shape index (κ2) is 9.62. The first-order valence-electron chi connectivity index (χ1n) is 9.47. The molecule has 1 atom stereocenters. The minimum Gasteiger partial charge on any atom is -0.383 e. The van der Waals surface area contributed by atoms with Gasteiger partial charge in [0, 0.05) is 52.2 Å². The Balaban J connectivity index is 1.70. The number of ether oxygens (including phenoxy) is 1. The van der Waals surface area contributed by atoms with Crippen LogP contribution in [0, 0.1) is 5.82 Å². The summed E-state index contributed by atoms with van der Waals surface area (Å²) in [6.45, 7) is 4.72. The van der Waals surface area contributed by atoms with Gasteiger partial charge in [-0.1, -0.05) is 48.5 Å². The van der Waals surface area contributed by atoms with Crippen molar-refractivity contribution >= 4 is 5.91 Å². The Morgan fingerprint density at radius 1 is 1.04 bits per heavy atom. The summed E-state index contributed by atoms with van der Waals surface area (Å²) in [6, 6.07) is 16.5. The summed E-state index contributed by atoms with van der Waals surface area (Å²) in [5.41, 5.74) is 1.55. The molecule has 0 aliphatic carbocycles. The molecule has 144 valence electrons. The van der Waals surface area contributed by atoms with E-state index in [9.17, 15) is 9.18 Å². The Bertz CT molecular complexity index is 730. The van der Waals surface area contributed by atoms with Crippen LogP contribution in [0.5, 0.6) is 0 Å². The first-order valence-corrected chi connectivity index (χ1v) is 9.47. The maximum absolute atomic E-state index is 14.4. The highest BCUT2D eigenvalue weighted by atomic mass is 19.1. The van der Waals surface area contributed by atoms with E-state index in [-0.39, 0.29) is 24.1 Å². The minimum absolute atomic E-state index is 0.0819. The lowest BCUT2D eigenvalue weighted by molar-refractivity contribution is -0.133. The third kappa shape index (κ3) is 5.15. The second-order valence-corrected chi connectivity index (χ2v) is 6.90. The van der Waals surface area contributed by atoms with Crippen LogP contribution in [0.4, 0.5) is 4.39 Å². The van der Waals surface area contributed by atoms with E-state index < -0.39 is 0 Å². The number of nitrogens with zero attached hydrogens (tertiary/aromatic N) is 2. The van der Waals surface area contributed by atoms with Crippen molar-refractivity contribution in [2.45, 2.75) is 12.3 Å². The average Bonchev–Trinajstić information content (AvgIpc) is 2.72. The summed E-state index contributed by atoms with van der Waals surface area (Å²) in [5, 5.41) is 0. The molecule has 5 heteroatoms. The number of rotatable bonds is 7. The van der Waals surface area contributed by atoms with Crippen molar-refractivity contribution in [2.75, 3.05) is 46.4 Å². The maximum atomic E-state index is 14.4. The molecule has 2 aromatic rings. The number of methoxy groups -OCH3 is 1. The van der Waals surface area contributed by atoms with E-state index in [0.717, 1.165) is 25.2 Å². The van der Waals surface area contributed by atoms with E-state index in [1.54, 1.807) is 19.2 Å². The molecule has 0 radical (unpaired) electrons. The predicted octanol–water partition coefficient (Wildman–Crippen LogP) is 3.14. The zero-order chi connectivity index (χ0) is 19.1. The number of benzene rings is 2. The fourth-order valence-corrected chi connectivity index (χ4v) is 3.60. The highest BCUT2D eigenvalue weighted by Gasteiger charge is 2.26. The quantitative estimate of drug-likeness (QED) is 0.751. The number of hydrogen-bond donors (Lipinski definition) is 0. The molecule has 1 aliphatic heterocycles. The zero-order valence-corrected chi connectivity index (χ0v) is 15.8. The second-order valence-electron chi connectivity index (χ2n) is 6.90. The van der Waals surface area contributed by atoms with E-state index in [0.29, 0.717) is 25.3 Å². The molecule has 0 aromatic heterocycles. The normalized spacial score (nSPS) is 16.3. The molecule has 0 spiro atoms. The molecule has 2 aromatic carbocycles. The van der Waals surface area contributed by atoms with Gasteiger partial charge in [-0.3, -0.25) is 9.69 Å². The van der Waals surface area contributed by atoms with E-state index >= 15 is 0 Å². The van der Waals surface area contributed by atoms with Crippen molar-refractivity contribution < 1.29 is 13.9 Å². The molecule has 0 unspecified atom stereocenters. The van der Waals surface area contributed by atoms with E-state index in [1.165, 1.54) is 6.07 Å². The first-order chi connectivity index (χ1) is 13.2. The van der Waals surface area contributed by atoms with E-state index in [4.69, 9.17) is 4.74 Å². The van der Waals surface area contributed by atoms with Gasteiger partial charge >= 0.3 is 0 Å². The number of carbonyl (C=O) groups is 1. The van der Waals surface area contributed by atoms with Gasteiger partial charge in [0.25, 0.3) is 0 Å². The topological polar surface area (TPSA) is 32.8 Å². The van der Waals surface area contributed by atoms with Gasteiger partial charge in [-0.05, 0) is 17.2 Å². The Hall–Kier alpha value is -2.24. The van der Waals surface area contributed by atoms with Crippen molar-refractivity contribution in [1.29, 1.82) is 0 Å². The van der Waals surface area contributed by atoms with Crippen LogP contribution in [0.1, 0.15) is 23.5 Å². The summed E-state index contributed by atoms with van der Waals surface area (Å²) in [7, 11) is 1.70. The lowest BCUT2D eigenvalue weighted by Gasteiger charge is -2.35. The number of piperazine rings is 1. The molecular formula is C22H27FN2O2. The Labute approximate surface area is 160 Å². The molecule has 4 nitrogen and oxygen atoms in total. The standard InChI is InChI=1S/C22H27FN2O2/c1-27-16-15-24-11-13-25(14-12-24)22(26)17-20(18-7-3-2-4-8-18)19-9-5-6-10-21(19)23/h2-10,20H,11-17H2,1H3/t20-/m1/s1. The zero-order valence-electron chi connectivity index (χ0n) is 15.8. The van der Waals surface area contributed by atoms with Crippen LogP contribution >= 0.6 is 0 Å². The first kappa shape index (κ1) is 19.5. The van der Waals surface area contributed by atoms with Crippen LogP contribution in [0.2, 0.25) is 0 Å². The summed E-state index contributed by atoms with van der Waals surface area (Å²) in [4.78, 5) is 17.2. The lowest BCUT2D eigenvalue weighted by Crippen LogP contribution is -2.49. The van der Waals surface area contributed by atoms with Gasteiger partial charge in [0.15, 0.2) is 0 Å². The SMILES string of the molecule is COCCN1CCN(C(=O)C[C@H](c2ccccc2)c2ccccc2F)CC1. The van der Waals surface area contributed by atoms with Crippen LogP contribution in [-0.4, -0.2) is 62.1 Å². The molecule has 0 bridgehead atoms. The van der Waals surface area contributed by atoms with Crippen LogP contribution < -0.4 is 0 Å². The van der Waals surface area contributed by atoms with Gasteiger partial charge in [0.1, 0.15) is 5.82 Å². The number of halogens is 1. The molecule has 27 heavy (non-hydrogen) atoms. The van der Waals surface area contributed by atoms with Crippen LogP contribution in [0.3, 0.4) is 0 Å². The highest BCUT2D eigenvalue weighted by Crippen LogP contribution is 2.30. The van der Waals surface area contributed by atoms with Crippen LogP contribution in [-0.2, 0) is 9.53 Å². The van der Waals surface area contributed by atoms with Crippen molar-refractivity contribution in [3.05, 3.63) is 71.5 Å². The van der Waals surface area contributed by atoms with Crippen molar-refractivity contribution in [2.24, 2.45) is 0 Å². The molecule has 0 N–H and O–H groups in total. The molecular weight excluding hydrogens is 343 g/mol. The van der Waals surface area contributed by atoms with Gasteiger partial charge in [-0.2, -0.15) is 0 Å². The average molecular weight is 370 g/mol. The smallest absolute Gasteiger partial charge is 0.223 e.